The van der Waals surface area contributed by atoms with E-state index in [9.17, 15) is 13.2 Å². The Morgan fingerprint density at radius 1 is 1.32 bits per heavy atom. The maximum Gasteiger partial charge on any atom is 0.239 e. The summed E-state index contributed by atoms with van der Waals surface area (Å²) in [5, 5.41) is 5.62. The summed E-state index contributed by atoms with van der Waals surface area (Å²) in [6.45, 7) is 3.39. The quantitative estimate of drug-likeness (QED) is 0.828. The maximum absolute atomic E-state index is 11.8. The van der Waals surface area contributed by atoms with Gasteiger partial charge in [-0.05, 0) is 25.0 Å². The van der Waals surface area contributed by atoms with Crippen LogP contribution in [0.25, 0.3) is 0 Å². The van der Waals surface area contributed by atoms with Crippen LogP contribution in [0.4, 0.5) is 5.69 Å². The van der Waals surface area contributed by atoms with Gasteiger partial charge >= 0.3 is 0 Å². The molecule has 0 atom stereocenters. The largest absolute Gasteiger partial charge is 0.325 e. The first-order valence-corrected chi connectivity index (χ1v) is 8.04. The fourth-order valence-electron chi connectivity index (χ4n) is 1.92. The third kappa shape index (κ3) is 4.33. The highest BCUT2D eigenvalue weighted by Gasteiger charge is 2.26. The summed E-state index contributed by atoms with van der Waals surface area (Å²) in [6, 6.07) is 7.25. The summed E-state index contributed by atoms with van der Waals surface area (Å²) in [5.74, 6) is -0.688. The molecule has 0 aliphatic carbocycles. The lowest BCUT2D eigenvalue weighted by Crippen LogP contribution is -2.46. The summed E-state index contributed by atoms with van der Waals surface area (Å²) in [5.41, 5.74) is 1.71. The highest BCUT2D eigenvalue weighted by Crippen LogP contribution is 2.10. The standard InChI is InChI=1S/C13H18N2O3S/c1-10-2-4-12(5-3-10)15-13(16)9-19(17,18)8-11-6-14-7-11/h2-5,11,14H,6-9H2,1H3,(H,15,16). The third-order valence-corrected chi connectivity index (χ3v) is 4.72. The van der Waals surface area contributed by atoms with E-state index in [1.165, 1.54) is 0 Å². The van der Waals surface area contributed by atoms with Crippen molar-refractivity contribution in [2.75, 3.05) is 29.9 Å². The van der Waals surface area contributed by atoms with Crippen molar-refractivity contribution in [3.8, 4) is 0 Å². The Kier molecular flexibility index (Phi) is 4.21. The first-order chi connectivity index (χ1) is 8.94. The molecule has 1 aliphatic heterocycles. The summed E-state index contributed by atoms with van der Waals surface area (Å²) in [7, 11) is -3.32. The molecule has 1 fully saturated rings. The van der Waals surface area contributed by atoms with Gasteiger partial charge in [0.1, 0.15) is 5.75 Å². The van der Waals surface area contributed by atoms with E-state index in [0.717, 1.165) is 18.7 Å². The van der Waals surface area contributed by atoms with Crippen LogP contribution in [0.1, 0.15) is 5.56 Å². The number of rotatable bonds is 5. The molecule has 0 bridgehead atoms. The molecule has 19 heavy (non-hydrogen) atoms. The van der Waals surface area contributed by atoms with Crippen LogP contribution in [0.5, 0.6) is 0 Å². The van der Waals surface area contributed by atoms with Gasteiger partial charge in [-0.2, -0.15) is 0 Å². The van der Waals surface area contributed by atoms with E-state index >= 15 is 0 Å². The Balaban J connectivity index is 1.87. The number of anilines is 1. The molecule has 2 N–H and O–H groups in total. The topological polar surface area (TPSA) is 75.3 Å². The molecule has 104 valence electrons. The Labute approximate surface area is 113 Å². The average molecular weight is 282 g/mol. The molecule has 0 unspecified atom stereocenters. The molecule has 2 rings (SSSR count). The minimum Gasteiger partial charge on any atom is -0.325 e. The van der Waals surface area contributed by atoms with Crippen LogP contribution in [0.2, 0.25) is 0 Å². The van der Waals surface area contributed by atoms with E-state index in [1.807, 2.05) is 19.1 Å². The van der Waals surface area contributed by atoms with Gasteiger partial charge in [-0.15, -0.1) is 0 Å². The van der Waals surface area contributed by atoms with Crippen molar-refractivity contribution in [1.82, 2.24) is 5.32 Å². The minimum atomic E-state index is -3.32. The van der Waals surface area contributed by atoms with Crippen LogP contribution in [-0.4, -0.2) is 38.9 Å². The fourth-order valence-corrected chi connectivity index (χ4v) is 3.46. The van der Waals surface area contributed by atoms with Gasteiger partial charge in [0.15, 0.2) is 9.84 Å². The number of nitrogens with one attached hydrogen (secondary N) is 2. The number of amides is 1. The van der Waals surface area contributed by atoms with Crippen molar-refractivity contribution in [2.24, 2.45) is 5.92 Å². The van der Waals surface area contributed by atoms with Gasteiger partial charge in [-0.25, -0.2) is 8.42 Å². The lowest BCUT2D eigenvalue weighted by atomic mass is 10.1. The first kappa shape index (κ1) is 14.0. The van der Waals surface area contributed by atoms with Crippen molar-refractivity contribution in [3.05, 3.63) is 29.8 Å². The second-order valence-electron chi connectivity index (χ2n) is 4.99. The Bertz CT molecular complexity index is 548. The van der Waals surface area contributed by atoms with Crippen LogP contribution >= 0.6 is 0 Å². The third-order valence-electron chi connectivity index (χ3n) is 3.04. The first-order valence-electron chi connectivity index (χ1n) is 6.22. The van der Waals surface area contributed by atoms with Gasteiger partial charge in [0, 0.05) is 18.8 Å². The zero-order chi connectivity index (χ0) is 13.9. The molecule has 0 saturated carbocycles. The van der Waals surface area contributed by atoms with Crippen LogP contribution < -0.4 is 10.6 Å². The summed E-state index contributed by atoms with van der Waals surface area (Å²) in [6.07, 6.45) is 0. The predicted molar refractivity (Wildman–Crippen MR) is 74.8 cm³/mol. The molecular formula is C13H18N2O3S. The summed E-state index contributed by atoms with van der Waals surface area (Å²) in [4.78, 5) is 11.7. The smallest absolute Gasteiger partial charge is 0.239 e. The van der Waals surface area contributed by atoms with Crippen LogP contribution in [-0.2, 0) is 14.6 Å². The molecule has 6 heteroatoms. The second-order valence-corrected chi connectivity index (χ2v) is 7.10. The van der Waals surface area contributed by atoms with E-state index in [2.05, 4.69) is 10.6 Å². The average Bonchev–Trinajstić information content (AvgIpc) is 2.26. The summed E-state index contributed by atoms with van der Waals surface area (Å²) < 4.78 is 23.6. The van der Waals surface area contributed by atoms with Gasteiger partial charge in [0.05, 0.1) is 5.75 Å². The molecule has 5 nitrogen and oxygen atoms in total. The van der Waals surface area contributed by atoms with E-state index in [1.54, 1.807) is 12.1 Å². The molecule has 1 heterocycles. The van der Waals surface area contributed by atoms with Gasteiger partial charge < -0.3 is 10.6 Å². The van der Waals surface area contributed by atoms with E-state index < -0.39 is 21.5 Å². The number of aryl methyl sites for hydroxylation is 1. The number of carbonyl (C=O) groups is 1. The maximum atomic E-state index is 11.8. The van der Waals surface area contributed by atoms with Gasteiger partial charge in [0.2, 0.25) is 5.91 Å². The highest BCUT2D eigenvalue weighted by atomic mass is 32.2. The van der Waals surface area contributed by atoms with Crippen molar-refractivity contribution >= 4 is 21.4 Å². The predicted octanol–water partition coefficient (Wildman–Crippen LogP) is 0.568. The molecule has 1 saturated heterocycles. The monoisotopic (exact) mass is 282 g/mol. The molecule has 0 aromatic heterocycles. The fraction of sp³-hybridized carbons (Fsp3) is 0.462. The van der Waals surface area contributed by atoms with Crippen LogP contribution in [0, 0.1) is 12.8 Å². The minimum absolute atomic E-state index is 0.0846. The van der Waals surface area contributed by atoms with Crippen molar-refractivity contribution in [3.63, 3.8) is 0 Å². The Hall–Kier alpha value is -1.40. The number of carbonyl (C=O) groups excluding carboxylic acids is 1. The van der Waals surface area contributed by atoms with E-state index in [0.29, 0.717) is 5.69 Å². The Morgan fingerprint density at radius 2 is 1.95 bits per heavy atom. The number of hydrogen-bond donors (Lipinski definition) is 2. The molecule has 1 aromatic carbocycles. The van der Waals surface area contributed by atoms with Gasteiger partial charge in [-0.3, -0.25) is 4.79 Å². The van der Waals surface area contributed by atoms with Crippen LogP contribution in [0.3, 0.4) is 0 Å². The molecule has 1 aromatic rings. The van der Waals surface area contributed by atoms with Crippen molar-refractivity contribution < 1.29 is 13.2 Å². The molecular weight excluding hydrogens is 264 g/mol. The molecule has 1 aliphatic rings. The lowest BCUT2D eigenvalue weighted by Gasteiger charge is -2.26. The zero-order valence-electron chi connectivity index (χ0n) is 10.8. The van der Waals surface area contributed by atoms with Crippen molar-refractivity contribution in [2.45, 2.75) is 6.92 Å². The van der Waals surface area contributed by atoms with Gasteiger partial charge in [-0.1, -0.05) is 17.7 Å². The lowest BCUT2D eigenvalue weighted by molar-refractivity contribution is -0.113. The van der Waals surface area contributed by atoms with Crippen LogP contribution in [0.15, 0.2) is 24.3 Å². The molecule has 0 spiro atoms. The molecule has 0 radical (unpaired) electrons. The SMILES string of the molecule is Cc1ccc(NC(=O)CS(=O)(=O)CC2CNC2)cc1. The highest BCUT2D eigenvalue weighted by molar-refractivity contribution is 7.92. The summed E-state index contributed by atoms with van der Waals surface area (Å²) >= 11 is 0. The van der Waals surface area contributed by atoms with Gasteiger partial charge in [0.25, 0.3) is 0 Å². The van der Waals surface area contributed by atoms with Crippen molar-refractivity contribution in [1.29, 1.82) is 0 Å². The van der Waals surface area contributed by atoms with E-state index in [-0.39, 0.29) is 11.7 Å². The zero-order valence-corrected chi connectivity index (χ0v) is 11.7. The Morgan fingerprint density at radius 3 is 2.47 bits per heavy atom. The number of benzene rings is 1. The normalized spacial score (nSPS) is 15.8. The number of sulfone groups is 1. The second kappa shape index (κ2) is 5.71. The van der Waals surface area contributed by atoms with E-state index in [4.69, 9.17) is 0 Å². The molecule has 1 amide bonds. The number of hydrogen-bond acceptors (Lipinski definition) is 4.